The SMILES string of the molecule is O=C(OCl)OCl. The van der Waals surface area contributed by atoms with Crippen molar-refractivity contribution in [2.75, 3.05) is 0 Å². The molecule has 0 saturated carbocycles. The van der Waals surface area contributed by atoms with Gasteiger partial charge in [0.15, 0.2) is 0 Å². The highest BCUT2D eigenvalue weighted by atomic mass is 35.5. The predicted octanol–water partition coefficient (Wildman–Crippen LogP) is 1.45. The second kappa shape index (κ2) is 3.06. The van der Waals surface area contributed by atoms with Crippen molar-refractivity contribution < 1.29 is 13.4 Å². The number of carbonyl (C=O) groups is 1. The Labute approximate surface area is 44.1 Å². The van der Waals surface area contributed by atoms with Crippen molar-refractivity contribution in [3.8, 4) is 0 Å². The van der Waals surface area contributed by atoms with Gasteiger partial charge in [-0.05, 0) is 0 Å². The molecule has 36 valence electrons. The van der Waals surface area contributed by atoms with Gasteiger partial charge in [-0.3, -0.25) is 0 Å². The third-order valence-electron chi connectivity index (χ3n) is 0.126. The lowest BCUT2D eigenvalue weighted by molar-refractivity contribution is 0.161. The molecule has 0 fully saturated rings. The Morgan fingerprint density at radius 2 is 1.67 bits per heavy atom. The van der Waals surface area contributed by atoms with Gasteiger partial charge >= 0.3 is 6.16 Å². The van der Waals surface area contributed by atoms with Crippen LogP contribution in [0, 0.1) is 0 Å². The van der Waals surface area contributed by atoms with Gasteiger partial charge in [0.2, 0.25) is 0 Å². The fraction of sp³-hybridized carbons (Fsp3) is 0. The lowest BCUT2D eigenvalue weighted by Crippen LogP contribution is -1.89. The van der Waals surface area contributed by atoms with E-state index in [0.717, 1.165) is 0 Å². The number of carbonyl (C=O) groups excluding carboxylic acids is 1. The molecule has 0 aromatic heterocycles. The summed E-state index contributed by atoms with van der Waals surface area (Å²) < 4.78 is 6.76. The highest BCUT2D eigenvalue weighted by molar-refractivity contribution is 6.17. The normalized spacial score (nSPS) is 7.00. The van der Waals surface area contributed by atoms with Crippen LogP contribution in [0.2, 0.25) is 0 Å². The molecule has 3 nitrogen and oxygen atoms in total. The average molecular weight is 131 g/mol. The molecule has 0 aliphatic rings. The van der Waals surface area contributed by atoms with Crippen LogP contribution < -0.4 is 0 Å². The lowest BCUT2D eigenvalue weighted by Gasteiger charge is -1.81. The highest BCUT2D eigenvalue weighted by Gasteiger charge is 1.95. The summed E-state index contributed by atoms with van der Waals surface area (Å²) >= 11 is 8.79. The molecule has 0 aliphatic heterocycles. The zero-order chi connectivity index (χ0) is 4.99. The molecule has 0 amide bonds. The summed E-state index contributed by atoms with van der Waals surface area (Å²) in [5, 5.41) is 0. The number of hydrogen-bond acceptors (Lipinski definition) is 3. The van der Waals surface area contributed by atoms with Gasteiger partial charge in [-0.1, -0.05) is 0 Å². The Bertz CT molecular complexity index is 46.8. The minimum Gasteiger partial charge on any atom is -0.314 e. The molecule has 0 bridgehead atoms. The first-order valence-corrected chi connectivity index (χ1v) is 1.54. The minimum absolute atomic E-state index is 1.13. The van der Waals surface area contributed by atoms with Crippen LogP contribution in [0.5, 0.6) is 0 Å². The van der Waals surface area contributed by atoms with Crippen molar-refractivity contribution in [2.24, 2.45) is 0 Å². The van der Waals surface area contributed by atoms with Crippen LogP contribution in [-0.4, -0.2) is 6.16 Å². The van der Waals surface area contributed by atoms with E-state index in [4.69, 9.17) is 0 Å². The van der Waals surface area contributed by atoms with E-state index in [0.29, 0.717) is 0 Å². The van der Waals surface area contributed by atoms with E-state index in [1.807, 2.05) is 0 Å². The Balaban J connectivity index is 2.99. The Morgan fingerprint density at radius 1 is 1.33 bits per heavy atom. The van der Waals surface area contributed by atoms with Gasteiger partial charge in [0.1, 0.15) is 23.7 Å². The molecule has 0 spiro atoms. The van der Waals surface area contributed by atoms with Gasteiger partial charge < -0.3 is 8.58 Å². The Hall–Kier alpha value is -0.150. The first-order chi connectivity index (χ1) is 2.81. The van der Waals surface area contributed by atoms with E-state index in [1.54, 1.807) is 0 Å². The summed E-state index contributed by atoms with van der Waals surface area (Å²) in [7, 11) is 0. The molecule has 0 heterocycles. The largest absolute Gasteiger partial charge is 0.545 e. The van der Waals surface area contributed by atoms with Crippen LogP contribution in [-0.2, 0) is 8.58 Å². The maximum absolute atomic E-state index is 9.47. The van der Waals surface area contributed by atoms with Crippen LogP contribution in [0.4, 0.5) is 4.79 Å². The maximum Gasteiger partial charge on any atom is 0.545 e. The molecule has 6 heavy (non-hydrogen) atoms. The smallest absolute Gasteiger partial charge is 0.314 e. The number of rotatable bonds is 0. The minimum atomic E-state index is -1.13. The number of hydrogen-bond donors (Lipinski definition) is 0. The first kappa shape index (κ1) is 5.85. The molecule has 0 atom stereocenters. The van der Waals surface area contributed by atoms with Crippen molar-refractivity contribution in [1.29, 1.82) is 0 Å². The highest BCUT2D eigenvalue weighted by Crippen LogP contribution is 1.88. The van der Waals surface area contributed by atoms with Crippen molar-refractivity contribution in [3.05, 3.63) is 0 Å². The van der Waals surface area contributed by atoms with Gasteiger partial charge in [0.25, 0.3) is 0 Å². The number of halogens is 2. The molecule has 0 aromatic carbocycles. The third-order valence-corrected chi connectivity index (χ3v) is 0.378. The molecule has 0 rings (SSSR count). The van der Waals surface area contributed by atoms with Crippen LogP contribution in [0.25, 0.3) is 0 Å². The van der Waals surface area contributed by atoms with E-state index in [-0.39, 0.29) is 0 Å². The fourth-order valence-electron chi connectivity index (χ4n) is 0.0119. The summed E-state index contributed by atoms with van der Waals surface area (Å²) in [6.07, 6.45) is -1.13. The Kier molecular flexibility index (Phi) is 2.98. The zero-order valence-corrected chi connectivity index (χ0v) is 3.99. The maximum atomic E-state index is 9.47. The van der Waals surface area contributed by atoms with Crippen LogP contribution in [0.1, 0.15) is 0 Å². The molecule has 0 unspecified atom stereocenters. The van der Waals surface area contributed by atoms with E-state index in [1.165, 1.54) is 0 Å². The van der Waals surface area contributed by atoms with Gasteiger partial charge in [-0.2, -0.15) is 0 Å². The molecular weight excluding hydrogens is 131 g/mol. The van der Waals surface area contributed by atoms with E-state index < -0.39 is 6.16 Å². The molecule has 5 heteroatoms. The van der Waals surface area contributed by atoms with Gasteiger partial charge in [-0.15, -0.1) is 0 Å². The second-order valence-corrected chi connectivity index (χ2v) is 0.713. The third kappa shape index (κ3) is 2.11. The predicted molar refractivity (Wildman–Crippen MR) is 19.3 cm³/mol. The zero-order valence-electron chi connectivity index (χ0n) is 2.48. The van der Waals surface area contributed by atoms with Gasteiger partial charge in [0, 0.05) is 0 Å². The molecule has 0 saturated heterocycles. The second-order valence-electron chi connectivity index (χ2n) is 0.404. The first-order valence-electron chi connectivity index (χ1n) is 0.921. The fourth-order valence-corrected chi connectivity index (χ4v) is 0.107. The summed E-state index contributed by atoms with van der Waals surface area (Å²) in [4.78, 5) is 9.47. The Morgan fingerprint density at radius 3 is 1.67 bits per heavy atom. The van der Waals surface area contributed by atoms with Crippen LogP contribution in [0.3, 0.4) is 0 Å². The molecule has 0 radical (unpaired) electrons. The topological polar surface area (TPSA) is 35.5 Å². The standard InChI is InChI=1S/CCl2O3/c2-5-1(4)6-3. The quantitative estimate of drug-likeness (QED) is 0.498. The van der Waals surface area contributed by atoms with Crippen molar-refractivity contribution in [3.63, 3.8) is 0 Å². The average Bonchev–Trinajstić information content (AvgIpc) is 1.65. The molecule has 0 N–H and O–H groups in total. The van der Waals surface area contributed by atoms with Crippen molar-refractivity contribution in [1.82, 2.24) is 0 Å². The van der Waals surface area contributed by atoms with E-state index in [2.05, 4.69) is 32.3 Å². The summed E-state index contributed by atoms with van der Waals surface area (Å²) in [5.41, 5.74) is 0. The van der Waals surface area contributed by atoms with E-state index >= 15 is 0 Å². The summed E-state index contributed by atoms with van der Waals surface area (Å²) in [6, 6.07) is 0. The van der Waals surface area contributed by atoms with Crippen LogP contribution in [0.15, 0.2) is 0 Å². The van der Waals surface area contributed by atoms with Gasteiger partial charge in [0.05, 0.1) is 0 Å². The molecule has 0 aromatic rings. The van der Waals surface area contributed by atoms with Crippen LogP contribution >= 0.6 is 23.7 Å². The summed E-state index contributed by atoms with van der Waals surface area (Å²) in [6.45, 7) is 0. The van der Waals surface area contributed by atoms with Gasteiger partial charge in [-0.25, -0.2) is 4.79 Å². The molecule has 0 aliphatic carbocycles. The summed E-state index contributed by atoms with van der Waals surface area (Å²) in [5.74, 6) is 0. The molecular formula is CCl2O3. The lowest BCUT2D eigenvalue weighted by atomic mass is 11.5. The van der Waals surface area contributed by atoms with Crippen molar-refractivity contribution in [2.45, 2.75) is 0 Å². The monoisotopic (exact) mass is 130 g/mol. The van der Waals surface area contributed by atoms with E-state index in [9.17, 15) is 4.79 Å². The van der Waals surface area contributed by atoms with Crippen molar-refractivity contribution >= 4 is 29.9 Å².